The van der Waals surface area contributed by atoms with Gasteiger partial charge in [-0.05, 0) is 49.1 Å². The number of nitrogens with zero attached hydrogens (tertiary/aromatic N) is 1. The first-order valence-corrected chi connectivity index (χ1v) is 10.0. The number of carbonyl (C=O) groups excluding carboxylic acids is 3. The van der Waals surface area contributed by atoms with Gasteiger partial charge in [-0.1, -0.05) is 30.3 Å². The van der Waals surface area contributed by atoms with E-state index in [1.807, 2.05) is 30.3 Å². The Balaban J connectivity index is 1.51. The molecule has 152 valence electrons. The fraction of sp³-hybridized carbons (Fsp3) is 0.348. The summed E-state index contributed by atoms with van der Waals surface area (Å²) in [6.07, 6.45) is 2.40. The van der Waals surface area contributed by atoms with E-state index in [0.717, 1.165) is 19.3 Å². The minimum Gasteiger partial charge on any atom is -0.355 e. The standard InChI is InChI=1S/C23H27N3O3/c1-17(27)25-21-11-9-19(10-12-21)23(29)26-15-5-8-20(16-26)22(28)24-14-13-18-6-3-2-4-7-18/h2-4,6-7,9-12,20H,5,8,13-16H2,1H3,(H,24,28)(H,25,27). The Morgan fingerprint density at radius 2 is 1.76 bits per heavy atom. The highest BCUT2D eigenvalue weighted by molar-refractivity contribution is 5.96. The van der Waals surface area contributed by atoms with E-state index < -0.39 is 0 Å². The molecule has 29 heavy (non-hydrogen) atoms. The Morgan fingerprint density at radius 1 is 1.03 bits per heavy atom. The molecule has 3 amide bonds. The molecule has 2 aromatic rings. The van der Waals surface area contributed by atoms with Crippen LogP contribution in [0.25, 0.3) is 0 Å². The summed E-state index contributed by atoms with van der Waals surface area (Å²) < 4.78 is 0. The predicted molar refractivity (Wildman–Crippen MR) is 113 cm³/mol. The van der Waals surface area contributed by atoms with Gasteiger partial charge in [0, 0.05) is 37.8 Å². The van der Waals surface area contributed by atoms with Crippen LogP contribution < -0.4 is 10.6 Å². The zero-order chi connectivity index (χ0) is 20.6. The number of likely N-dealkylation sites (tertiary alicyclic amines) is 1. The average Bonchev–Trinajstić information content (AvgIpc) is 2.74. The SMILES string of the molecule is CC(=O)Nc1ccc(C(=O)N2CCCC(C(=O)NCCc3ccccc3)C2)cc1. The largest absolute Gasteiger partial charge is 0.355 e. The number of hydrogen-bond donors (Lipinski definition) is 2. The van der Waals surface area contributed by atoms with Crippen LogP contribution in [0.4, 0.5) is 5.69 Å². The Hall–Kier alpha value is -3.15. The predicted octanol–water partition coefficient (Wildman–Crippen LogP) is 2.86. The quantitative estimate of drug-likeness (QED) is 0.792. The van der Waals surface area contributed by atoms with Crippen LogP contribution in [0, 0.1) is 5.92 Å². The van der Waals surface area contributed by atoms with E-state index >= 15 is 0 Å². The minimum absolute atomic E-state index is 0.0134. The molecule has 2 N–H and O–H groups in total. The smallest absolute Gasteiger partial charge is 0.253 e. The number of anilines is 1. The second-order valence-electron chi connectivity index (χ2n) is 7.38. The number of amides is 3. The topological polar surface area (TPSA) is 78.5 Å². The Kier molecular flexibility index (Phi) is 7.00. The molecule has 1 fully saturated rings. The molecule has 1 aliphatic heterocycles. The van der Waals surface area contributed by atoms with Gasteiger partial charge in [-0.25, -0.2) is 0 Å². The van der Waals surface area contributed by atoms with Crippen LogP contribution in [0.1, 0.15) is 35.7 Å². The first-order chi connectivity index (χ1) is 14.0. The van der Waals surface area contributed by atoms with Crippen molar-refractivity contribution in [3.63, 3.8) is 0 Å². The molecule has 1 atom stereocenters. The molecular formula is C23H27N3O3. The van der Waals surface area contributed by atoms with Gasteiger partial charge >= 0.3 is 0 Å². The van der Waals surface area contributed by atoms with Gasteiger partial charge in [0.05, 0.1) is 5.92 Å². The van der Waals surface area contributed by atoms with E-state index in [1.165, 1.54) is 12.5 Å². The summed E-state index contributed by atoms with van der Waals surface area (Å²) in [7, 11) is 0. The van der Waals surface area contributed by atoms with E-state index in [9.17, 15) is 14.4 Å². The van der Waals surface area contributed by atoms with Crippen LogP contribution in [-0.2, 0) is 16.0 Å². The van der Waals surface area contributed by atoms with Gasteiger partial charge < -0.3 is 15.5 Å². The molecule has 2 aromatic carbocycles. The van der Waals surface area contributed by atoms with Crippen LogP contribution in [0.15, 0.2) is 54.6 Å². The fourth-order valence-corrected chi connectivity index (χ4v) is 3.58. The highest BCUT2D eigenvalue weighted by atomic mass is 16.2. The van der Waals surface area contributed by atoms with Gasteiger partial charge in [-0.15, -0.1) is 0 Å². The van der Waals surface area contributed by atoms with Gasteiger partial charge in [-0.3, -0.25) is 14.4 Å². The van der Waals surface area contributed by atoms with E-state index in [2.05, 4.69) is 10.6 Å². The molecule has 1 heterocycles. The normalized spacial score (nSPS) is 16.2. The molecule has 1 saturated heterocycles. The average molecular weight is 393 g/mol. The van der Waals surface area contributed by atoms with E-state index in [-0.39, 0.29) is 23.6 Å². The summed E-state index contributed by atoms with van der Waals surface area (Å²) in [5.41, 5.74) is 2.41. The molecule has 6 heteroatoms. The van der Waals surface area contributed by atoms with Crippen molar-refractivity contribution >= 4 is 23.4 Å². The third kappa shape index (κ3) is 5.91. The minimum atomic E-state index is -0.179. The molecule has 3 rings (SSSR count). The summed E-state index contributed by atoms with van der Waals surface area (Å²) in [6, 6.07) is 16.9. The molecule has 6 nitrogen and oxygen atoms in total. The molecule has 0 radical (unpaired) electrons. The van der Waals surface area contributed by atoms with E-state index in [4.69, 9.17) is 0 Å². The van der Waals surface area contributed by atoms with Gasteiger partial charge in [-0.2, -0.15) is 0 Å². The monoisotopic (exact) mass is 393 g/mol. The van der Waals surface area contributed by atoms with Crippen LogP contribution >= 0.6 is 0 Å². The van der Waals surface area contributed by atoms with Gasteiger partial charge in [0.25, 0.3) is 5.91 Å². The summed E-state index contributed by atoms with van der Waals surface area (Å²) >= 11 is 0. The van der Waals surface area contributed by atoms with Gasteiger partial charge in [0.1, 0.15) is 0 Å². The van der Waals surface area contributed by atoms with Crippen molar-refractivity contribution in [2.75, 3.05) is 25.0 Å². The highest BCUT2D eigenvalue weighted by Crippen LogP contribution is 2.20. The molecule has 1 unspecified atom stereocenters. The lowest BCUT2D eigenvalue weighted by molar-refractivity contribution is -0.126. The van der Waals surface area contributed by atoms with Crippen molar-refractivity contribution in [3.8, 4) is 0 Å². The van der Waals surface area contributed by atoms with E-state index in [0.29, 0.717) is 30.9 Å². The number of benzene rings is 2. The third-order valence-corrected chi connectivity index (χ3v) is 5.09. The van der Waals surface area contributed by atoms with Crippen molar-refractivity contribution in [1.29, 1.82) is 0 Å². The lowest BCUT2D eigenvalue weighted by Crippen LogP contribution is -2.45. The Morgan fingerprint density at radius 3 is 2.45 bits per heavy atom. The molecular weight excluding hydrogens is 366 g/mol. The zero-order valence-corrected chi connectivity index (χ0v) is 16.7. The number of carbonyl (C=O) groups is 3. The van der Waals surface area contributed by atoms with Crippen LogP contribution in [0.3, 0.4) is 0 Å². The molecule has 1 aliphatic rings. The maximum Gasteiger partial charge on any atom is 0.253 e. The molecule has 0 bridgehead atoms. The summed E-state index contributed by atoms with van der Waals surface area (Å²) in [4.78, 5) is 38.2. The summed E-state index contributed by atoms with van der Waals surface area (Å²) in [5, 5.41) is 5.70. The van der Waals surface area contributed by atoms with Crippen molar-refractivity contribution < 1.29 is 14.4 Å². The van der Waals surface area contributed by atoms with Crippen LogP contribution in [-0.4, -0.2) is 42.3 Å². The van der Waals surface area contributed by atoms with Gasteiger partial charge in [0.15, 0.2) is 0 Å². The maximum atomic E-state index is 12.8. The first kappa shape index (κ1) is 20.6. The van der Waals surface area contributed by atoms with Gasteiger partial charge in [0.2, 0.25) is 11.8 Å². The zero-order valence-electron chi connectivity index (χ0n) is 16.7. The van der Waals surface area contributed by atoms with Crippen molar-refractivity contribution in [2.24, 2.45) is 5.92 Å². The number of nitrogens with one attached hydrogen (secondary N) is 2. The van der Waals surface area contributed by atoms with Crippen LogP contribution in [0.2, 0.25) is 0 Å². The first-order valence-electron chi connectivity index (χ1n) is 10.0. The number of rotatable bonds is 6. The summed E-state index contributed by atoms with van der Waals surface area (Å²) in [6.45, 7) is 3.12. The molecule has 0 spiro atoms. The Labute approximate surface area is 171 Å². The lowest BCUT2D eigenvalue weighted by Gasteiger charge is -2.32. The van der Waals surface area contributed by atoms with Crippen molar-refractivity contribution in [1.82, 2.24) is 10.2 Å². The Bertz CT molecular complexity index is 849. The van der Waals surface area contributed by atoms with E-state index in [1.54, 1.807) is 29.2 Å². The molecule has 0 saturated carbocycles. The highest BCUT2D eigenvalue weighted by Gasteiger charge is 2.28. The van der Waals surface area contributed by atoms with Crippen molar-refractivity contribution in [2.45, 2.75) is 26.2 Å². The second kappa shape index (κ2) is 9.87. The third-order valence-electron chi connectivity index (χ3n) is 5.09. The van der Waals surface area contributed by atoms with Crippen molar-refractivity contribution in [3.05, 3.63) is 65.7 Å². The maximum absolute atomic E-state index is 12.8. The van der Waals surface area contributed by atoms with Crippen LogP contribution in [0.5, 0.6) is 0 Å². The fourth-order valence-electron chi connectivity index (χ4n) is 3.58. The number of piperidine rings is 1. The lowest BCUT2D eigenvalue weighted by atomic mass is 9.96. The number of hydrogen-bond acceptors (Lipinski definition) is 3. The molecule has 0 aliphatic carbocycles. The molecule has 0 aromatic heterocycles. The second-order valence-corrected chi connectivity index (χ2v) is 7.38. The summed E-state index contributed by atoms with van der Waals surface area (Å²) in [5.74, 6) is -0.399.